The largest absolute Gasteiger partial charge is 0.463 e. The van der Waals surface area contributed by atoms with Crippen molar-refractivity contribution in [3.63, 3.8) is 0 Å². The van der Waals surface area contributed by atoms with E-state index in [1.165, 1.54) is 12.1 Å². The molecule has 1 aromatic carbocycles. The molecule has 1 N–H and O–H groups in total. The summed E-state index contributed by atoms with van der Waals surface area (Å²) < 4.78 is 19.2. The first-order valence-electron chi connectivity index (χ1n) is 5.85. The first-order valence-corrected chi connectivity index (χ1v) is 7.02. The van der Waals surface area contributed by atoms with Crippen molar-refractivity contribution >= 4 is 39.2 Å². The minimum Gasteiger partial charge on any atom is -0.463 e. The molecule has 0 fully saturated rings. The van der Waals surface area contributed by atoms with Crippen LogP contribution in [0.15, 0.2) is 22.7 Å². The summed E-state index contributed by atoms with van der Waals surface area (Å²) in [5.41, 5.74) is 0.480. The van der Waals surface area contributed by atoms with E-state index in [2.05, 4.69) is 36.2 Å². The molecule has 1 aromatic heterocycles. The number of anilines is 2. The summed E-state index contributed by atoms with van der Waals surface area (Å²) in [5, 5.41) is 2.86. The third-order valence-electron chi connectivity index (χ3n) is 2.20. The number of nitrogens with zero attached hydrogens (tertiary/aromatic N) is 3. The topological polar surface area (TPSA) is 59.9 Å². The Balaban J connectivity index is 2.24. The number of benzene rings is 1. The molecule has 20 heavy (non-hydrogen) atoms. The van der Waals surface area contributed by atoms with Crippen molar-refractivity contribution in [2.24, 2.45) is 0 Å². The average Bonchev–Trinajstić information content (AvgIpc) is 2.40. The lowest BCUT2D eigenvalue weighted by Crippen LogP contribution is -2.05. The highest BCUT2D eigenvalue weighted by Crippen LogP contribution is 2.26. The van der Waals surface area contributed by atoms with Crippen molar-refractivity contribution in [2.45, 2.75) is 13.3 Å². The van der Waals surface area contributed by atoms with Gasteiger partial charge in [0.05, 0.1) is 12.3 Å². The standard InChI is InChI=1S/C12H11BrClFN4O/c1-2-5-20-12-18-10(14)17-11(19-12)16-9-6-7(15)3-4-8(9)13/h3-4,6H,2,5H2,1H3,(H,16,17,18,19). The monoisotopic (exact) mass is 360 g/mol. The minimum atomic E-state index is -0.377. The van der Waals surface area contributed by atoms with E-state index in [4.69, 9.17) is 16.3 Å². The van der Waals surface area contributed by atoms with Gasteiger partial charge in [-0.15, -0.1) is 0 Å². The van der Waals surface area contributed by atoms with Gasteiger partial charge in [-0.3, -0.25) is 0 Å². The summed E-state index contributed by atoms with van der Waals surface area (Å²) in [7, 11) is 0. The fraction of sp³-hybridized carbons (Fsp3) is 0.250. The smallest absolute Gasteiger partial charge is 0.322 e. The number of ether oxygens (including phenoxy) is 1. The zero-order chi connectivity index (χ0) is 14.5. The summed E-state index contributed by atoms with van der Waals surface area (Å²) in [5.74, 6) is -0.194. The molecule has 5 nitrogen and oxygen atoms in total. The summed E-state index contributed by atoms with van der Waals surface area (Å²) in [6.07, 6.45) is 0.821. The average molecular weight is 362 g/mol. The van der Waals surface area contributed by atoms with Gasteiger partial charge in [-0.2, -0.15) is 15.0 Å². The Morgan fingerprint density at radius 2 is 2.15 bits per heavy atom. The molecule has 2 aromatic rings. The van der Waals surface area contributed by atoms with Gasteiger partial charge in [0.1, 0.15) is 5.82 Å². The molecule has 0 aliphatic rings. The fourth-order valence-corrected chi connectivity index (χ4v) is 1.86. The van der Waals surface area contributed by atoms with E-state index < -0.39 is 0 Å². The normalized spacial score (nSPS) is 10.4. The van der Waals surface area contributed by atoms with Gasteiger partial charge in [0.2, 0.25) is 11.2 Å². The Morgan fingerprint density at radius 3 is 2.90 bits per heavy atom. The second-order valence-corrected chi connectivity index (χ2v) is 5.00. The minimum absolute atomic E-state index is 0.00104. The summed E-state index contributed by atoms with van der Waals surface area (Å²) in [6.45, 7) is 2.44. The van der Waals surface area contributed by atoms with Crippen molar-refractivity contribution in [1.29, 1.82) is 0 Å². The highest BCUT2D eigenvalue weighted by Gasteiger charge is 2.08. The lowest BCUT2D eigenvalue weighted by atomic mass is 10.3. The van der Waals surface area contributed by atoms with Crippen molar-refractivity contribution in [2.75, 3.05) is 11.9 Å². The zero-order valence-corrected chi connectivity index (χ0v) is 12.9. The van der Waals surface area contributed by atoms with Gasteiger partial charge in [-0.1, -0.05) is 6.92 Å². The predicted molar refractivity (Wildman–Crippen MR) is 78.0 cm³/mol. The van der Waals surface area contributed by atoms with Gasteiger partial charge in [0.25, 0.3) is 0 Å². The third-order valence-corrected chi connectivity index (χ3v) is 3.06. The number of aromatic nitrogens is 3. The van der Waals surface area contributed by atoms with E-state index in [9.17, 15) is 4.39 Å². The SMILES string of the molecule is CCCOc1nc(Cl)nc(Nc2cc(F)ccc2Br)n1. The van der Waals surface area contributed by atoms with Gasteiger partial charge in [0, 0.05) is 4.47 Å². The number of hydrogen-bond donors (Lipinski definition) is 1. The van der Waals surface area contributed by atoms with Crippen LogP contribution in [0.5, 0.6) is 6.01 Å². The molecule has 8 heteroatoms. The molecule has 0 atom stereocenters. The molecule has 1 heterocycles. The molecule has 0 unspecified atom stereocenters. The van der Waals surface area contributed by atoms with Gasteiger partial charge < -0.3 is 10.1 Å². The molecule has 0 aliphatic heterocycles. The molecule has 0 amide bonds. The number of nitrogens with one attached hydrogen (secondary N) is 1. The molecular formula is C12H11BrClFN4O. The molecule has 0 aliphatic carbocycles. The number of halogens is 3. The molecule has 0 bridgehead atoms. The Kier molecular flexibility index (Phi) is 5.08. The Morgan fingerprint density at radius 1 is 1.35 bits per heavy atom. The first-order chi connectivity index (χ1) is 9.58. The highest BCUT2D eigenvalue weighted by atomic mass is 79.9. The van der Waals surface area contributed by atoms with Gasteiger partial charge in [-0.05, 0) is 52.2 Å². The highest BCUT2D eigenvalue weighted by molar-refractivity contribution is 9.10. The van der Waals surface area contributed by atoms with Crippen molar-refractivity contribution in [3.8, 4) is 6.01 Å². The molecular weight excluding hydrogens is 351 g/mol. The van der Waals surface area contributed by atoms with Crippen LogP contribution in [0.1, 0.15) is 13.3 Å². The van der Waals surface area contributed by atoms with Crippen molar-refractivity contribution < 1.29 is 9.13 Å². The molecule has 106 valence electrons. The maximum absolute atomic E-state index is 13.2. The van der Waals surface area contributed by atoms with Gasteiger partial charge >= 0.3 is 6.01 Å². The lowest BCUT2D eigenvalue weighted by molar-refractivity contribution is 0.292. The summed E-state index contributed by atoms with van der Waals surface area (Å²) >= 11 is 9.10. The maximum atomic E-state index is 13.2. The van der Waals surface area contributed by atoms with E-state index in [0.29, 0.717) is 16.8 Å². The van der Waals surface area contributed by atoms with Gasteiger partial charge in [-0.25, -0.2) is 4.39 Å². The van der Waals surface area contributed by atoms with Crippen LogP contribution in [0.4, 0.5) is 16.0 Å². The number of rotatable bonds is 5. The van der Waals surface area contributed by atoms with Crippen LogP contribution in [0.25, 0.3) is 0 Å². The number of hydrogen-bond acceptors (Lipinski definition) is 5. The van der Waals surface area contributed by atoms with Crippen molar-refractivity contribution in [1.82, 2.24) is 15.0 Å². The fourth-order valence-electron chi connectivity index (χ4n) is 1.36. The maximum Gasteiger partial charge on any atom is 0.322 e. The van der Waals surface area contributed by atoms with Crippen LogP contribution in [0.2, 0.25) is 5.28 Å². The Bertz CT molecular complexity index is 614. The van der Waals surface area contributed by atoms with E-state index in [-0.39, 0.29) is 23.1 Å². The van der Waals surface area contributed by atoms with Crippen molar-refractivity contribution in [3.05, 3.63) is 33.8 Å². The van der Waals surface area contributed by atoms with E-state index >= 15 is 0 Å². The Labute approximate surface area is 128 Å². The molecule has 0 spiro atoms. The van der Waals surface area contributed by atoms with E-state index in [1.807, 2.05) is 6.92 Å². The van der Waals surface area contributed by atoms with Crippen LogP contribution in [-0.4, -0.2) is 21.6 Å². The van der Waals surface area contributed by atoms with Crippen LogP contribution in [0, 0.1) is 5.82 Å². The molecule has 2 rings (SSSR count). The van der Waals surface area contributed by atoms with Crippen LogP contribution in [0.3, 0.4) is 0 Å². The second kappa shape index (κ2) is 6.81. The predicted octanol–water partition coefficient (Wildman–Crippen LogP) is 3.96. The molecule has 0 saturated carbocycles. The molecule has 0 saturated heterocycles. The third kappa shape index (κ3) is 4.01. The van der Waals surface area contributed by atoms with Crippen LogP contribution < -0.4 is 10.1 Å². The molecule has 0 radical (unpaired) electrons. The van der Waals surface area contributed by atoms with E-state index in [0.717, 1.165) is 6.42 Å². The van der Waals surface area contributed by atoms with E-state index in [1.54, 1.807) is 6.07 Å². The van der Waals surface area contributed by atoms with Crippen LogP contribution in [-0.2, 0) is 0 Å². The zero-order valence-electron chi connectivity index (χ0n) is 10.5. The Hall–Kier alpha value is -1.47. The quantitative estimate of drug-likeness (QED) is 0.873. The summed E-state index contributed by atoms with van der Waals surface area (Å²) in [4.78, 5) is 11.8. The summed E-state index contributed by atoms with van der Waals surface area (Å²) in [6, 6.07) is 4.36. The van der Waals surface area contributed by atoms with Gasteiger partial charge in [0.15, 0.2) is 0 Å². The van der Waals surface area contributed by atoms with Crippen LogP contribution >= 0.6 is 27.5 Å². The second-order valence-electron chi connectivity index (χ2n) is 3.81. The lowest BCUT2D eigenvalue weighted by Gasteiger charge is -2.08. The first kappa shape index (κ1) is 14.9.